The van der Waals surface area contributed by atoms with Crippen LogP contribution < -0.4 is 0 Å². The molecule has 0 saturated carbocycles. The lowest BCUT2D eigenvalue weighted by molar-refractivity contribution is -0.388. The Morgan fingerprint density at radius 3 is 2.58 bits per heavy atom. The highest BCUT2D eigenvalue weighted by molar-refractivity contribution is 14.1. The minimum atomic E-state index is -0.978. The Labute approximate surface area is 85.8 Å². The van der Waals surface area contributed by atoms with Crippen molar-refractivity contribution >= 4 is 39.9 Å². The summed E-state index contributed by atoms with van der Waals surface area (Å²) in [5.74, 6) is -0.978. The molecule has 0 aliphatic carbocycles. The lowest BCUT2D eigenvalue weighted by Crippen LogP contribution is -1.95. The van der Waals surface area contributed by atoms with Gasteiger partial charge in [-0.05, 0) is 34.7 Å². The molecule has 0 amide bonds. The minimum absolute atomic E-state index is 0.234. The molecule has 0 aromatic heterocycles. The number of rotatable bonds is 1. The van der Waals surface area contributed by atoms with E-state index in [0.717, 1.165) is 0 Å². The van der Waals surface area contributed by atoms with Crippen LogP contribution in [0.2, 0.25) is 5.02 Å². The van der Waals surface area contributed by atoms with E-state index in [4.69, 9.17) is 11.6 Å². The molecule has 0 fully saturated rings. The van der Waals surface area contributed by atoms with E-state index in [9.17, 15) is 14.5 Å². The maximum absolute atomic E-state index is 12.9. The lowest BCUT2D eigenvalue weighted by atomic mass is 10.3. The van der Waals surface area contributed by atoms with Crippen molar-refractivity contribution in [1.82, 2.24) is 0 Å². The van der Waals surface area contributed by atoms with Crippen LogP contribution in [-0.4, -0.2) is 4.92 Å². The second kappa shape index (κ2) is 3.53. The van der Waals surface area contributed by atoms with Gasteiger partial charge in [-0.2, -0.15) is 4.39 Å². The fraction of sp³-hybridized carbons (Fsp3) is 0. The van der Waals surface area contributed by atoms with Crippen molar-refractivity contribution in [2.45, 2.75) is 0 Å². The summed E-state index contributed by atoms with van der Waals surface area (Å²) in [4.78, 5) is 9.51. The third kappa shape index (κ3) is 1.66. The van der Waals surface area contributed by atoms with Crippen LogP contribution in [0, 0.1) is 19.5 Å². The normalized spacial score (nSPS) is 9.92. The topological polar surface area (TPSA) is 43.1 Å². The summed E-state index contributed by atoms with van der Waals surface area (Å²) in [5.41, 5.74) is -0.567. The average molecular weight is 301 g/mol. The highest BCUT2D eigenvalue weighted by atomic mass is 127. The van der Waals surface area contributed by atoms with Crippen LogP contribution >= 0.6 is 34.2 Å². The SMILES string of the molecule is O=[N+]([O-])c1c(I)ccc(Cl)c1F. The van der Waals surface area contributed by atoms with Crippen molar-refractivity contribution in [3.63, 3.8) is 0 Å². The maximum atomic E-state index is 12.9. The number of halogens is 3. The van der Waals surface area contributed by atoms with Crippen molar-refractivity contribution in [3.05, 3.63) is 36.7 Å². The molecule has 1 rings (SSSR count). The minimum Gasteiger partial charge on any atom is -0.258 e. The van der Waals surface area contributed by atoms with Gasteiger partial charge in [0.15, 0.2) is 0 Å². The van der Waals surface area contributed by atoms with Crippen molar-refractivity contribution in [2.75, 3.05) is 0 Å². The van der Waals surface area contributed by atoms with Crippen molar-refractivity contribution < 1.29 is 9.31 Å². The largest absolute Gasteiger partial charge is 0.319 e. The maximum Gasteiger partial charge on any atom is 0.319 e. The summed E-state index contributed by atoms with van der Waals surface area (Å²) < 4.78 is 13.2. The summed E-state index contributed by atoms with van der Waals surface area (Å²) >= 11 is 7.02. The molecule has 0 N–H and O–H groups in total. The molecule has 6 heteroatoms. The van der Waals surface area contributed by atoms with Gasteiger partial charge in [0.2, 0.25) is 5.82 Å². The summed E-state index contributed by atoms with van der Waals surface area (Å²) in [6.45, 7) is 0. The molecule has 0 spiro atoms. The van der Waals surface area contributed by atoms with Crippen LogP contribution in [0.3, 0.4) is 0 Å². The van der Waals surface area contributed by atoms with E-state index in [1.807, 2.05) is 0 Å². The Morgan fingerprint density at radius 1 is 1.58 bits per heavy atom. The first kappa shape index (κ1) is 9.66. The Hall–Kier alpha value is -0.430. The monoisotopic (exact) mass is 301 g/mol. The smallest absolute Gasteiger partial charge is 0.258 e. The van der Waals surface area contributed by atoms with Gasteiger partial charge < -0.3 is 0 Å². The van der Waals surface area contributed by atoms with Gasteiger partial charge >= 0.3 is 5.69 Å². The number of nitrogens with zero attached hydrogens (tertiary/aromatic N) is 1. The fourth-order valence-electron chi connectivity index (χ4n) is 0.684. The van der Waals surface area contributed by atoms with Gasteiger partial charge in [-0.25, -0.2) is 0 Å². The molecule has 0 aliphatic heterocycles. The molecule has 12 heavy (non-hydrogen) atoms. The zero-order chi connectivity index (χ0) is 9.30. The first-order valence-electron chi connectivity index (χ1n) is 2.82. The van der Waals surface area contributed by atoms with Gasteiger partial charge in [0.25, 0.3) is 0 Å². The van der Waals surface area contributed by atoms with Gasteiger partial charge in [-0.1, -0.05) is 11.6 Å². The van der Waals surface area contributed by atoms with E-state index in [2.05, 4.69) is 0 Å². The van der Waals surface area contributed by atoms with Crippen molar-refractivity contribution in [1.29, 1.82) is 0 Å². The number of benzene rings is 1. The van der Waals surface area contributed by atoms with E-state index >= 15 is 0 Å². The van der Waals surface area contributed by atoms with Gasteiger partial charge in [0.05, 0.1) is 13.5 Å². The van der Waals surface area contributed by atoms with E-state index in [1.165, 1.54) is 12.1 Å². The van der Waals surface area contributed by atoms with E-state index < -0.39 is 16.4 Å². The Balaban J connectivity index is 3.43. The first-order chi connectivity index (χ1) is 5.54. The molecule has 0 radical (unpaired) electrons. The predicted octanol–water partition coefficient (Wildman–Crippen LogP) is 2.99. The molecule has 0 unspecified atom stereocenters. The molecule has 0 heterocycles. The van der Waals surface area contributed by atoms with Crippen LogP contribution in [-0.2, 0) is 0 Å². The molecule has 0 aliphatic rings. The predicted molar refractivity (Wildman–Crippen MR) is 50.8 cm³/mol. The van der Waals surface area contributed by atoms with Crippen LogP contribution in [0.1, 0.15) is 0 Å². The van der Waals surface area contributed by atoms with E-state index in [0.29, 0.717) is 0 Å². The van der Waals surface area contributed by atoms with Crippen LogP contribution in [0.4, 0.5) is 10.1 Å². The summed E-state index contributed by atoms with van der Waals surface area (Å²) in [5, 5.41) is 10.1. The van der Waals surface area contributed by atoms with Gasteiger partial charge in [0.1, 0.15) is 0 Å². The third-order valence-corrected chi connectivity index (χ3v) is 2.36. The lowest BCUT2D eigenvalue weighted by Gasteiger charge is -1.97. The van der Waals surface area contributed by atoms with Gasteiger partial charge in [-0.3, -0.25) is 10.1 Å². The fourth-order valence-corrected chi connectivity index (χ4v) is 1.45. The second-order valence-corrected chi connectivity index (χ2v) is 3.52. The molecular weight excluding hydrogens is 299 g/mol. The quantitative estimate of drug-likeness (QED) is 0.346. The number of nitro benzene ring substituents is 1. The van der Waals surface area contributed by atoms with Gasteiger partial charge in [-0.15, -0.1) is 0 Å². The number of hydrogen-bond acceptors (Lipinski definition) is 2. The molecule has 1 aromatic carbocycles. The van der Waals surface area contributed by atoms with Crippen LogP contribution in [0.5, 0.6) is 0 Å². The Bertz CT molecular complexity index is 345. The molecule has 3 nitrogen and oxygen atoms in total. The molecule has 1 aromatic rings. The van der Waals surface area contributed by atoms with Gasteiger partial charge in [0, 0.05) is 0 Å². The zero-order valence-corrected chi connectivity index (χ0v) is 8.47. The Kier molecular flexibility index (Phi) is 2.84. The third-order valence-electron chi connectivity index (χ3n) is 1.20. The molecule has 0 atom stereocenters. The average Bonchev–Trinajstić information content (AvgIpc) is 1.97. The first-order valence-corrected chi connectivity index (χ1v) is 4.27. The van der Waals surface area contributed by atoms with Crippen LogP contribution in [0.15, 0.2) is 12.1 Å². The summed E-state index contributed by atoms with van der Waals surface area (Å²) in [6, 6.07) is 2.68. The van der Waals surface area contributed by atoms with Crippen LogP contribution in [0.25, 0.3) is 0 Å². The number of hydrogen-bond donors (Lipinski definition) is 0. The van der Waals surface area contributed by atoms with E-state index in [-0.39, 0.29) is 8.59 Å². The van der Waals surface area contributed by atoms with E-state index in [1.54, 1.807) is 22.6 Å². The zero-order valence-electron chi connectivity index (χ0n) is 5.55. The highest BCUT2D eigenvalue weighted by Crippen LogP contribution is 2.29. The van der Waals surface area contributed by atoms with Crippen molar-refractivity contribution in [3.8, 4) is 0 Å². The summed E-state index contributed by atoms with van der Waals surface area (Å²) in [7, 11) is 0. The molecular formula is C6H2ClFINO2. The molecule has 0 saturated heterocycles. The molecule has 0 bridgehead atoms. The highest BCUT2D eigenvalue weighted by Gasteiger charge is 2.20. The standard InChI is InChI=1S/C6H2ClFINO2/c7-3-1-2-4(9)6(5(3)8)10(11)12/h1-2H. The Morgan fingerprint density at radius 2 is 2.17 bits per heavy atom. The van der Waals surface area contributed by atoms with Crippen molar-refractivity contribution in [2.24, 2.45) is 0 Å². The second-order valence-electron chi connectivity index (χ2n) is 1.95. The summed E-state index contributed by atoms with van der Waals surface area (Å²) in [6.07, 6.45) is 0. The molecule has 64 valence electrons. The number of nitro groups is 1.